The van der Waals surface area contributed by atoms with Gasteiger partial charge in [0.2, 0.25) is 11.8 Å². The van der Waals surface area contributed by atoms with Crippen LogP contribution in [0.2, 0.25) is 0 Å². The molecule has 0 atom stereocenters. The van der Waals surface area contributed by atoms with E-state index in [-0.39, 0.29) is 5.91 Å². The predicted molar refractivity (Wildman–Crippen MR) is 119 cm³/mol. The van der Waals surface area contributed by atoms with Crippen molar-refractivity contribution in [3.8, 4) is 11.5 Å². The highest BCUT2D eigenvalue weighted by molar-refractivity contribution is 5.88. The number of oxazole rings is 1. The summed E-state index contributed by atoms with van der Waals surface area (Å²) >= 11 is 0. The van der Waals surface area contributed by atoms with E-state index in [4.69, 9.17) is 4.42 Å². The summed E-state index contributed by atoms with van der Waals surface area (Å²) in [5, 5.41) is 9.30. The summed E-state index contributed by atoms with van der Waals surface area (Å²) in [5.74, 6) is 1.24. The minimum atomic E-state index is -0.0719. The van der Waals surface area contributed by atoms with Crippen molar-refractivity contribution in [1.29, 1.82) is 0 Å². The third kappa shape index (κ3) is 6.20. The molecule has 3 aromatic rings. The minimum absolute atomic E-state index is 0.0719. The van der Waals surface area contributed by atoms with Crippen LogP contribution in [0.5, 0.6) is 0 Å². The molecule has 1 aromatic heterocycles. The van der Waals surface area contributed by atoms with Gasteiger partial charge in [0.25, 0.3) is 0 Å². The fourth-order valence-electron chi connectivity index (χ4n) is 2.90. The average Bonchev–Trinajstić information content (AvgIpc) is 3.21. The third-order valence-electron chi connectivity index (χ3n) is 4.49. The molecule has 0 spiro atoms. The summed E-state index contributed by atoms with van der Waals surface area (Å²) < 4.78 is 5.59. The molecule has 1 amide bonds. The van der Waals surface area contributed by atoms with Crippen LogP contribution < -0.4 is 16.0 Å². The molecule has 0 saturated carbocycles. The van der Waals surface area contributed by atoms with E-state index in [1.54, 1.807) is 13.3 Å². The molecule has 30 heavy (non-hydrogen) atoms. The predicted octanol–water partition coefficient (Wildman–Crippen LogP) is 3.52. The second-order valence-electron chi connectivity index (χ2n) is 6.99. The zero-order valence-corrected chi connectivity index (χ0v) is 17.5. The number of hydrogen-bond donors (Lipinski definition) is 3. The standard InChI is InChI=1S/C23H27N5O2/c1-16-4-8-19(9-5-16)22-28-21(15-30-22)14-26-23(24-3)25-13-12-18-6-10-20(11-7-18)27-17(2)29/h4-11,15H,12-14H2,1-3H3,(H,27,29)(H2,24,25,26). The van der Waals surface area contributed by atoms with Gasteiger partial charge in [0, 0.05) is 31.8 Å². The van der Waals surface area contributed by atoms with Gasteiger partial charge in [-0.1, -0.05) is 29.8 Å². The summed E-state index contributed by atoms with van der Waals surface area (Å²) in [6.07, 6.45) is 2.49. The number of nitrogens with one attached hydrogen (secondary N) is 3. The van der Waals surface area contributed by atoms with Crippen LogP contribution in [0.15, 0.2) is 64.2 Å². The quantitative estimate of drug-likeness (QED) is 0.413. The molecule has 7 heteroatoms. The lowest BCUT2D eigenvalue weighted by atomic mass is 10.1. The highest BCUT2D eigenvalue weighted by Gasteiger charge is 2.07. The topological polar surface area (TPSA) is 91.5 Å². The van der Waals surface area contributed by atoms with Gasteiger partial charge in [-0.2, -0.15) is 0 Å². The summed E-state index contributed by atoms with van der Waals surface area (Å²) in [6.45, 7) is 4.79. The Morgan fingerprint density at radius 3 is 2.47 bits per heavy atom. The Morgan fingerprint density at radius 2 is 1.80 bits per heavy atom. The zero-order valence-electron chi connectivity index (χ0n) is 17.5. The largest absolute Gasteiger partial charge is 0.444 e. The molecule has 1 heterocycles. The maximum atomic E-state index is 11.1. The van der Waals surface area contributed by atoms with Crippen molar-refractivity contribution in [3.05, 3.63) is 71.6 Å². The Kier molecular flexibility index (Phi) is 7.21. The van der Waals surface area contributed by atoms with Crippen LogP contribution in [0.1, 0.15) is 23.7 Å². The lowest BCUT2D eigenvalue weighted by Crippen LogP contribution is -2.37. The third-order valence-corrected chi connectivity index (χ3v) is 4.49. The SMILES string of the molecule is CN=C(NCCc1ccc(NC(C)=O)cc1)NCc1coc(-c2ccc(C)cc2)n1. The van der Waals surface area contributed by atoms with E-state index in [9.17, 15) is 4.79 Å². The number of benzene rings is 2. The number of aromatic nitrogens is 1. The second kappa shape index (κ2) is 10.2. The van der Waals surface area contributed by atoms with Crippen molar-refractivity contribution in [2.75, 3.05) is 18.9 Å². The number of carbonyl (C=O) groups is 1. The van der Waals surface area contributed by atoms with Crippen LogP contribution in [0, 0.1) is 6.92 Å². The van der Waals surface area contributed by atoms with E-state index in [2.05, 4.69) is 25.9 Å². The number of carbonyl (C=O) groups excluding carboxylic acids is 1. The van der Waals surface area contributed by atoms with E-state index in [1.807, 2.05) is 55.5 Å². The summed E-state index contributed by atoms with van der Waals surface area (Å²) in [6, 6.07) is 15.9. The lowest BCUT2D eigenvalue weighted by molar-refractivity contribution is -0.114. The zero-order chi connectivity index (χ0) is 21.3. The molecule has 0 bridgehead atoms. The molecular formula is C23H27N5O2. The molecule has 0 fully saturated rings. The number of hydrogen-bond acceptors (Lipinski definition) is 4. The Hall–Kier alpha value is -3.61. The van der Waals surface area contributed by atoms with E-state index >= 15 is 0 Å². The first-order valence-corrected chi connectivity index (χ1v) is 9.86. The minimum Gasteiger partial charge on any atom is -0.444 e. The monoisotopic (exact) mass is 405 g/mol. The van der Waals surface area contributed by atoms with Crippen LogP contribution in [-0.2, 0) is 17.8 Å². The normalized spacial score (nSPS) is 11.2. The highest BCUT2D eigenvalue weighted by atomic mass is 16.3. The molecule has 7 nitrogen and oxygen atoms in total. The van der Waals surface area contributed by atoms with Crippen LogP contribution in [0.4, 0.5) is 5.69 Å². The van der Waals surface area contributed by atoms with E-state index in [0.717, 1.165) is 29.9 Å². The van der Waals surface area contributed by atoms with E-state index in [1.165, 1.54) is 18.1 Å². The molecule has 3 rings (SSSR count). The van der Waals surface area contributed by atoms with Gasteiger partial charge in [-0.25, -0.2) is 4.98 Å². The molecule has 0 radical (unpaired) electrons. The van der Waals surface area contributed by atoms with Crippen LogP contribution >= 0.6 is 0 Å². The van der Waals surface area contributed by atoms with Gasteiger partial charge in [0.15, 0.2) is 5.96 Å². The van der Waals surface area contributed by atoms with Crippen molar-refractivity contribution in [2.24, 2.45) is 4.99 Å². The molecule has 0 aliphatic carbocycles. The van der Waals surface area contributed by atoms with Crippen molar-refractivity contribution >= 4 is 17.6 Å². The number of nitrogens with zero attached hydrogens (tertiary/aromatic N) is 2. The number of rotatable bonds is 7. The first-order valence-electron chi connectivity index (χ1n) is 9.86. The fourth-order valence-corrected chi connectivity index (χ4v) is 2.90. The van der Waals surface area contributed by atoms with Gasteiger partial charge < -0.3 is 20.4 Å². The molecule has 0 saturated heterocycles. The number of guanidine groups is 1. The number of amides is 1. The first-order chi connectivity index (χ1) is 14.5. The van der Waals surface area contributed by atoms with Crippen LogP contribution in [0.3, 0.4) is 0 Å². The van der Waals surface area contributed by atoms with Crippen LogP contribution in [0.25, 0.3) is 11.5 Å². The fraction of sp³-hybridized carbons (Fsp3) is 0.261. The summed E-state index contributed by atoms with van der Waals surface area (Å²) in [7, 11) is 1.73. The summed E-state index contributed by atoms with van der Waals surface area (Å²) in [5.41, 5.74) is 4.94. The first kappa shape index (κ1) is 21.1. The molecule has 156 valence electrons. The maximum Gasteiger partial charge on any atom is 0.226 e. The van der Waals surface area contributed by atoms with Gasteiger partial charge in [0.05, 0.1) is 12.2 Å². The Labute approximate surface area is 176 Å². The van der Waals surface area contributed by atoms with Gasteiger partial charge in [0.1, 0.15) is 6.26 Å². The van der Waals surface area contributed by atoms with Crippen molar-refractivity contribution in [1.82, 2.24) is 15.6 Å². The Bertz CT molecular complexity index is 991. The lowest BCUT2D eigenvalue weighted by Gasteiger charge is -2.11. The maximum absolute atomic E-state index is 11.1. The van der Waals surface area contributed by atoms with Gasteiger partial charge >= 0.3 is 0 Å². The average molecular weight is 406 g/mol. The van der Waals surface area contributed by atoms with Crippen LogP contribution in [-0.4, -0.2) is 30.4 Å². The van der Waals surface area contributed by atoms with Gasteiger partial charge in [-0.3, -0.25) is 9.79 Å². The van der Waals surface area contributed by atoms with Crippen molar-refractivity contribution < 1.29 is 9.21 Å². The van der Waals surface area contributed by atoms with Crippen molar-refractivity contribution in [3.63, 3.8) is 0 Å². The number of aryl methyl sites for hydroxylation is 1. The molecule has 2 aromatic carbocycles. The van der Waals surface area contributed by atoms with Gasteiger partial charge in [-0.05, 0) is 43.2 Å². The number of aliphatic imine (C=N–C) groups is 1. The van der Waals surface area contributed by atoms with Gasteiger partial charge in [-0.15, -0.1) is 0 Å². The van der Waals surface area contributed by atoms with E-state index < -0.39 is 0 Å². The highest BCUT2D eigenvalue weighted by Crippen LogP contribution is 2.19. The molecular weight excluding hydrogens is 378 g/mol. The van der Waals surface area contributed by atoms with E-state index in [0.29, 0.717) is 18.4 Å². The molecule has 0 aliphatic rings. The second-order valence-corrected chi connectivity index (χ2v) is 6.99. The number of anilines is 1. The molecule has 0 unspecified atom stereocenters. The Balaban J connectivity index is 1.45. The summed E-state index contributed by atoms with van der Waals surface area (Å²) in [4.78, 5) is 19.9. The Morgan fingerprint density at radius 1 is 1.07 bits per heavy atom. The smallest absolute Gasteiger partial charge is 0.226 e. The molecule has 3 N–H and O–H groups in total. The van der Waals surface area contributed by atoms with Crippen molar-refractivity contribution in [2.45, 2.75) is 26.8 Å². The molecule has 0 aliphatic heterocycles.